The van der Waals surface area contributed by atoms with Gasteiger partial charge >= 0.3 is 28.5 Å². The van der Waals surface area contributed by atoms with E-state index in [2.05, 4.69) is 27.3 Å². The van der Waals surface area contributed by atoms with Crippen LogP contribution in [0.1, 0.15) is 57.4 Å². The van der Waals surface area contributed by atoms with Crippen LogP contribution in [0.4, 0.5) is 34.3 Å². The molecule has 1 aliphatic heterocycles. The second-order valence-electron chi connectivity index (χ2n) is 10.8. The van der Waals surface area contributed by atoms with Gasteiger partial charge < -0.3 is 20.3 Å². The minimum Gasteiger partial charge on any atom is -0.443 e. The fourth-order valence-electron chi connectivity index (χ4n) is 3.95. The first-order chi connectivity index (χ1) is 19.0. The van der Waals surface area contributed by atoms with Crippen molar-refractivity contribution < 1.29 is 35.9 Å². The van der Waals surface area contributed by atoms with E-state index in [0.29, 0.717) is 35.8 Å². The summed E-state index contributed by atoms with van der Waals surface area (Å²) in [5, 5.41) is 5.27. The van der Waals surface area contributed by atoms with Crippen molar-refractivity contribution in [2.75, 3.05) is 23.3 Å². The summed E-state index contributed by atoms with van der Waals surface area (Å²) in [5.74, 6) is 0.685. The Balaban J connectivity index is 1.55. The van der Waals surface area contributed by atoms with Crippen molar-refractivity contribution in [3.63, 3.8) is 0 Å². The standard InChI is InChI=1S/C26H35F3N6O5S/c1-17-11-13-35(14-12-17)22-19(7-10-21(33-22)26(27,28)29)16-30-23(36)32-20-8-5-18(6-9-20)15-31-41(38,39)34-24(37)40-25(2,3)4/h5-10,17,31H,11-16H2,1-4H3,(H,34,37)(H2,30,32,36). The van der Waals surface area contributed by atoms with Crippen molar-refractivity contribution in [3.05, 3.63) is 53.2 Å². The number of ether oxygens (including phenoxy) is 1. The smallest absolute Gasteiger partial charge is 0.433 e. The molecule has 1 aromatic heterocycles. The number of anilines is 2. The number of carbonyl (C=O) groups is 2. The maximum absolute atomic E-state index is 13.3. The molecular weight excluding hydrogens is 565 g/mol. The SMILES string of the molecule is CC1CCN(c2nc(C(F)(F)F)ccc2CNC(=O)Nc2ccc(CNS(=O)(=O)NC(=O)OC(C)(C)C)cc2)CC1. The van der Waals surface area contributed by atoms with Crippen molar-refractivity contribution in [1.82, 2.24) is 19.7 Å². The molecule has 2 aromatic rings. The van der Waals surface area contributed by atoms with Crippen molar-refractivity contribution in [2.45, 2.75) is 65.4 Å². The molecule has 0 atom stereocenters. The molecule has 41 heavy (non-hydrogen) atoms. The molecule has 0 unspecified atom stereocenters. The number of hydrogen-bond acceptors (Lipinski definition) is 7. The van der Waals surface area contributed by atoms with Crippen molar-refractivity contribution in [2.24, 2.45) is 5.92 Å². The number of benzene rings is 1. The van der Waals surface area contributed by atoms with Gasteiger partial charge in [-0.3, -0.25) is 0 Å². The van der Waals surface area contributed by atoms with E-state index in [1.54, 1.807) is 49.8 Å². The van der Waals surface area contributed by atoms with Crippen molar-refractivity contribution >= 4 is 33.8 Å². The zero-order valence-electron chi connectivity index (χ0n) is 23.3. The van der Waals surface area contributed by atoms with E-state index in [4.69, 9.17) is 4.74 Å². The minimum absolute atomic E-state index is 0.0388. The summed E-state index contributed by atoms with van der Waals surface area (Å²) in [5.41, 5.74) is -0.441. The lowest BCUT2D eigenvalue weighted by molar-refractivity contribution is -0.141. The molecule has 1 aliphatic rings. The highest BCUT2D eigenvalue weighted by atomic mass is 32.2. The minimum atomic E-state index is -4.58. The lowest BCUT2D eigenvalue weighted by Crippen LogP contribution is -2.42. The molecular formula is C26H35F3N6O5S. The number of nitrogens with one attached hydrogen (secondary N) is 4. The number of rotatable bonds is 8. The summed E-state index contributed by atoms with van der Waals surface area (Å²) in [6.45, 7) is 7.87. The van der Waals surface area contributed by atoms with Gasteiger partial charge in [-0.2, -0.15) is 26.3 Å². The van der Waals surface area contributed by atoms with Gasteiger partial charge in [0.05, 0.1) is 0 Å². The highest BCUT2D eigenvalue weighted by Gasteiger charge is 2.34. The van der Waals surface area contributed by atoms with E-state index >= 15 is 0 Å². The fourth-order valence-corrected chi connectivity index (χ4v) is 4.64. The van der Waals surface area contributed by atoms with Gasteiger partial charge in [0, 0.05) is 37.4 Å². The van der Waals surface area contributed by atoms with E-state index in [1.807, 2.05) is 4.90 Å². The van der Waals surface area contributed by atoms with E-state index in [0.717, 1.165) is 18.9 Å². The lowest BCUT2D eigenvalue weighted by Gasteiger charge is -2.33. The average molecular weight is 601 g/mol. The Morgan fingerprint density at radius 1 is 1.02 bits per heavy atom. The Hall–Kier alpha value is -3.59. The van der Waals surface area contributed by atoms with Crippen LogP contribution >= 0.6 is 0 Å². The van der Waals surface area contributed by atoms with Crippen molar-refractivity contribution in [3.8, 4) is 0 Å². The van der Waals surface area contributed by atoms with E-state index in [9.17, 15) is 31.2 Å². The van der Waals surface area contributed by atoms with Crippen LogP contribution in [0, 0.1) is 5.92 Å². The second-order valence-corrected chi connectivity index (χ2v) is 12.3. The number of carbonyl (C=O) groups excluding carboxylic acids is 2. The van der Waals surface area contributed by atoms with E-state index in [-0.39, 0.29) is 18.9 Å². The van der Waals surface area contributed by atoms with Crippen LogP contribution in [0.5, 0.6) is 0 Å². The summed E-state index contributed by atoms with van der Waals surface area (Å²) >= 11 is 0. The van der Waals surface area contributed by atoms with Crippen LogP contribution in [0.2, 0.25) is 0 Å². The van der Waals surface area contributed by atoms with Gasteiger partial charge in [0.15, 0.2) is 0 Å². The third kappa shape index (κ3) is 10.4. The highest BCUT2D eigenvalue weighted by molar-refractivity contribution is 7.88. The van der Waals surface area contributed by atoms with Crippen LogP contribution in [0.3, 0.4) is 0 Å². The summed E-state index contributed by atoms with van der Waals surface area (Å²) in [6, 6.07) is 7.88. The first-order valence-corrected chi connectivity index (χ1v) is 14.5. The fraction of sp³-hybridized carbons (Fsp3) is 0.500. The molecule has 1 aromatic carbocycles. The van der Waals surface area contributed by atoms with Gasteiger partial charge in [-0.05, 0) is 63.3 Å². The number of nitrogens with zero attached hydrogens (tertiary/aromatic N) is 2. The normalized spacial score (nSPS) is 14.9. The number of amides is 3. The molecule has 1 saturated heterocycles. The number of aromatic nitrogens is 1. The van der Waals surface area contributed by atoms with Crippen LogP contribution in [-0.4, -0.2) is 44.2 Å². The van der Waals surface area contributed by atoms with Gasteiger partial charge in [0.1, 0.15) is 17.1 Å². The Labute approximate surface area is 237 Å². The maximum Gasteiger partial charge on any atom is 0.433 e. The highest BCUT2D eigenvalue weighted by Crippen LogP contribution is 2.32. The first kappa shape index (κ1) is 31.9. The maximum atomic E-state index is 13.3. The third-order valence-corrected chi connectivity index (χ3v) is 7.02. The van der Waals surface area contributed by atoms with Crippen LogP contribution in [-0.2, 0) is 34.2 Å². The number of urea groups is 1. The topological polar surface area (TPSA) is 142 Å². The number of alkyl halides is 3. The Morgan fingerprint density at radius 2 is 1.66 bits per heavy atom. The van der Waals surface area contributed by atoms with Crippen LogP contribution in [0.15, 0.2) is 36.4 Å². The number of halogens is 3. The monoisotopic (exact) mass is 600 g/mol. The van der Waals surface area contributed by atoms with Gasteiger partial charge in [-0.1, -0.05) is 25.1 Å². The molecule has 1 fully saturated rings. The predicted molar refractivity (Wildman–Crippen MR) is 147 cm³/mol. The number of pyridine rings is 1. The molecule has 0 bridgehead atoms. The third-order valence-electron chi connectivity index (χ3n) is 6.06. The Kier molecular flexibility index (Phi) is 10.1. The molecule has 3 rings (SSSR count). The Morgan fingerprint density at radius 3 is 2.24 bits per heavy atom. The average Bonchev–Trinajstić information content (AvgIpc) is 2.85. The van der Waals surface area contributed by atoms with Gasteiger partial charge in [0.2, 0.25) is 0 Å². The number of piperidine rings is 1. The van der Waals surface area contributed by atoms with Gasteiger partial charge in [-0.15, -0.1) is 0 Å². The lowest BCUT2D eigenvalue weighted by atomic mass is 9.99. The van der Waals surface area contributed by atoms with Crippen molar-refractivity contribution in [1.29, 1.82) is 0 Å². The molecule has 0 radical (unpaired) electrons. The summed E-state index contributed by atoms with van der Waals surface area (Å²) in [4.78, 5) is 29.9. The molecule has 11 nitrogen and oxygen atoms in total. The summed E-state index contributed by atoms with van der Waals surface area (Å²) in [6.07, 6.45) is -4.02. The quantitative estimate of drug-likeness (QED) is 0.349. The Bertz CT molecular complexity index is 1320. The molecule has 2 heterocycles. The van der Waals surface area contributed by atoms with E-state index < -0.39 is 39.8 Å². The molecule has 3 amide bonds. The van der Waals surface area contributed by atoms with Gasteiger partial charge in [-0.25, -0.2) is 19.3 Å². The van der Waals surface area contributed by atoms with Crippen LogP contribution < -0.4 is 25.0 Å². The molecule has 0 spiro atoms. The predicted octanol–water partition coefficient (Wildman–Crippen LogP) is 4.52. The zero-order chi connectivity index (χ0) is 30.4. The number of hydrogen-bond donors (Lipinski definition) is 4. The second kappa shape index (κ2) is 12.9. The zero-order valence-corrected chi connectivity index (χ0v) is 24.1. The molecule has 0 saturated carbocycles. The molecule has 226 valence electrons. The van der Waals surface area contributed by atoms with Gasteiger partial charge in [0.25, 0.3) is 0 Å². The summed E-state index contributed by atoms with van der Waals surface area (Å²) in [7, 11) is -4.17. The summed E-state index contributed by atoms with van der Waals surface area (Å²) < 4.78 is 72.9. The molecule has 4 N–H and O–H groups in total. The van der Waals surface area contributed by atoms with Crippen LogP contribution in [0.25, 0.3) is 0 Å². The molecule has 0 aliphatic carbocycles. The molecule has 15 heteroatoms. The first-order valence-electron chi connectivity index (χ1n) is 13.0. The van der Waals surface area contributed by atoms with E-state index in [1.165, 1.54) is 6.07 Å². The largest absolute Gasteiger partial charge is 0.443 e.